The van der Waals surface area contributed by atoms with Gasteiger partial charge in [-0.15, -0.1) is 0 Å². The molecule has 1 aliphatic rings. The zero-order chi connectivity index (χ0) is 27.5. The molecule has 0 unspecified atom stereocenters. The number of para-hydroxylation sites is 2. The molecule has 0 atom stereocenters. The standard InChI is InChI=1S/C30H19Cl3N2O4/c31-21-13-11-19(12-14-21)18-39-27-20(15-22(32)17-26(27)33)16-25-28(36)34(23-7-3-1-4-8-23)30(38)35(29(25)37)24-9-5-2-6-10-24/h1-17H,18H2. The van der Waals surface area contributed by atoms with Crippen LogP contribution < -0.4 is 14.5 Å². The quantitative estimate of drug-likeness (QED) is 0.173. The van der Waals surface area contributed by atoms with Crippen LogP contribution in [0.25, 0.3) is 6.08 Å². The third-order valence-corrected chi connectivity index (χ3v) is 6.66. The molecule has 4 aromatic rings. The van der Waals surface area contributed by atoms with E-state index in [1.54, 1.807) is 84.9 Å². The second-order valence-corrected chi connectivity index (χ2v) is 9.79. The minimum absolute atomic E-state index is 0.140. The van der Waals surface area contributed by atoms with Crippen molar-refractivity contribution >= 4 is 70.1 Å². The van der Waals surface area contributed by atoms with Gasteiger partial charge in [-0.05, 0) is 60.2 Å². The maximum Gasteiger partial charge on any atom is 0.343 e. The second-order valence-electron chi connectivity index (χ2n) is 8.51. The van der Waals surface area contributed by atoms with Crippen LogP contribution in [0, 0.1) is 0 Å². The summed E-state index contributed by atoms with van der Waals surface area (Å²) >= 11 is 18.7. The molecule has 39 heavy (non-hydrogen) atoms. The summed E-state index contributed by atoms with van der Waals surface area (Å²) in [6.45, 7) is 0.140. The molecule has 6 nitrogen and oxygen atoms in total. The minimum atomic E-state index is -0.789. The molecule has 194 valence electrons. The Morgan fingerprint density at radius 2 is 1.21 bits per heavy atom. The number of hydrogen-bond donors (Lipinski definition) is 0. The van der Waals surface area contributed by atoms with E-state index < -0.39 is 17.8 Å². The van der Waals surface area contributed by atoms with E-state index in [1.807, 2.05) is 0 Å². The summed E-state index contributed by atoms with van der Waals surface area (Å²) in [5, 5.41) is 1.05. The molecule has 0 aromatic heterocycles. The Hall–Kier alpha value is -4.10. The number of benzene rings is 4. The summed E-state index contributed by atoms with van der Waals surface area (Å²) in [5.41, 5.74) is 1.49. The SMILES string of the molecule is O=C1C(=Cc2cc(Cl)cc(Cl)c2OCc2ccc(Cl)cc2)C(=O)N(c2ccccc2)C(=O)N1c1ccccc1. The number of barbiturate groups is 1. The molecule has 0 saturated carbocycles. The molecule has 0 radical (unpaired) electrons. The molecule has 0 N–H and O–H groups in total. The van der Waals surface area contributed by atoms with Crippen molar-refractivity contribution in [2.45, 2.75) is 6.61 Å². The lowest BCUT2D eigenvalue weighted by atomic mass is 10.0. The van der Waals surface area contributed by atoms with Gasteiger partial charge in [0.15, 0.2) is 0 Å². The fourth-order valence-corrected chi connectivity index (χ4v) is 4.76. The molecular weight excluding hydrogens is 559 g/mol. The Morgan fingerprint density at radius 3 is 1.74 bits per heavy atom. The van der Waals surface area contributed by atoms with Crippen LogP contribution in [0.5, 0.6) is 5.75 Å². The van der Waals surface area contributed by atoms with E-state index in [2.05, 4.69) is 0 Å². The number of imide groups is 2. The van der Waals surface area contributed by atoms with Gasteiger partial charge in [0.05, 0.1) is 16.4 Å². The molecule has 4 aromatic carbocycles. The van der Waals surface area contributed by atoms with E-state index in [0.717, 1.165) is 15.4 Å². The lowest BCUT2D eigenvalue weighted by Gasteiger charge is -2.34. The minimum Gasteiger partial charge on any atom is -0.487 e. The van der Waals surface area contributed by atoms with E-state index >= 15 is 0 Å². The van der Waals surface area contributed by atoms with Crippen LogP contribution in [0.15, 0.2) is 103 Å². The number of halogens is 3. The van der Waals surface area contributed by atoms with E-state index in [4.69, 9.17) is 39.5 Å². The van der Waals surface area contributed by atoms with Crippen molar-refractivity contribution in [3.05, 3.63) is 129 Å². The van der Waals surface area contributed by atoms with Crippen molar-refractivity contribution in [3.8, 4) is 5.75 Å². The van der Waals surface area contributed by atoms with Gasteiger partial charge in [0, 0.05) is 15.6 Å². The van der Waals surface area contributed by atoms with Gasteiger partial charge in [0.25, 0.3) is 11.8 Å². The molecule has 1 saturated heterocycles. The van der Waals surface area contributed by atoms with Gasteiger partial charge < -0.3 is 4.74 Å². The van der Waals surface area contributed by atoms with Gasteiger partial charge in [-0.2, -0.15) is 0 Å². The number of nitrogens with zero attached hydrogens (tertiary/aromatic N) is 2. The van der Waals surface area contributed by atoms with Crippen molar-refractivity contribution in [1.29, 1.82) is 0 Å². The van der Waals surface area contributed by atoms with Crippen molar-refractivity contribution < 1.29 is 19.1 Å². The highest BCUT2D eigenvalue weighted by molar-refractivity contribution is 6.46. The lowest BCUT2D eigenvalue weighted by molar-refractivity contribution is -0.121. The maximum atomic E-state index is 13.7. The number of hydrogen-bond acceptors (Lipinski definition) is 4. The summed E-state index contributed by atoms with van der Waals surface area (Å²) < 4.78 is 6.01. The van der Waals surface area contributed by atoms with Crippen LogP contribution in [0.3, 0.4) is 0 Å². The Kier molecular flexibility index (Phi) is 7.70. The van der Waals surface area contributed by atoms with E-state index in [0.29, 0.717) is 22.0 Å². The molecule has 0 aliphatic carbocycles. The largest absolute Gasteiger partial charge is 0.487 e. The number of amides is 4. The topological polar surface area (TPSA) is 66.9 Å². The fourth-order valence-electron chi connectivity index (χ4n) is 4.07. The molecule has 0 bridgehead atoms. The summed E-state index contributed by atoms with van der Waals surface area (Å²) in [5.74, 6) is -1.36. The van der Waals surface area contributed by atoms with E-state index in [1.165, 1.54) is 18.2 Å². The van der Waals surface area contributed by atoms with Gasteiger partial charge in [0.1, 0.15) is 17.9 Å². The summed E-state index contributed by atoms with van der Waals surface area (Å²) in [6, 6.07) is 26.1. The molecule has 9 heteroatoms. The van der Waals surface area contributed by atoms with Crippen LogP contribution in [-0.4, -0.2) is 17.8 Å². The van der Waals surface area contributed by atoms with Crippen molar-refractivity contribution in [2.75, 3.05) is 9.80 Å². The normalized spacial score (nSPS) is 13.6. The number of carbonyl (C=O) groups excluding carboxylic acids is 3. The summed E-state index contributed by atoms with van der Waals surface area (Å²) in [6.07, 6.45) is 1.35. The Labute approximate surface area is 239 Å². The molecule has 4 amide bonds. The van der Waals surface area contributed by atoms with E-state index in [-0.39, 0.29) is 28.0 Å². The highest BCUT2D eigenvalue weighted by atomic mass is 35.5. The number of ether oxygens (including phenoxy) is 1. The average Bonchev–Trinajstić information content (AvgIpc) is 2.93. The first kappa shape index (κ1) is 26.5. The Bertz CT molecular complexity index is 1530. The summed E-state index contributed by atoms with van der Waals surface area (Å²) in [7, 11) is 0. The van der Waals surface area contributed by atoms with Crippen LogP contribution in [0.1, 0.15) is 11.1 Å². The van der Waals surface area contributed by atoms with Crippen LogP contribution in [0.4, 0.5) is 16.2 Å². The summed E-state index contributed by atoms with van der Waals surface area (Å²) in [4.78, 5) is 42.8. The second kappa shape index (κ2) is 11.3. The van der Waals surface area contributed by atoms with Crippen molar-refractivity contribution in [2.24, 2.45) is 0 Å². The van der Waals surface area contributed by atoms with Crippen molar-refractivity contribution in [3.63, 3.8) is 0 Å². The average molecular weight is 578 g/mol. The first-order valence-electron chi connectivity index (χ1n) is 11.7. The molecule has 1 aliphatic heterocycles. The van der Waals surface area contributed by atoms with Crippen molar-refractivity contribution in [1.82, 2.24) is 0 Å². The smallest absolute Gasteiger partial charge is 0.343 e. The zero-order valence-corrected chi connectivity index (χ0v) is 22.5. The van der Waals surface area contributed by atoms with Gasteiger partial charge >= 0.3 is 6.03 Å². The Balaban J connectivity index is 1.60. The third kappa shape index (κ3) is 5.54. The first-order valence-corrected chi connectivity index (χ1v) is 12.9. The van der Waals surface area contributed by atoms with E-state index in [9.17, 15) is 14.4 Å². The first-order chi connectivity index (χ1) is 18.8. The van der Waals surface area contributed by atoms with Gasteiger partial charge in [0.2, 0.25) is 0 Å². The highest BCUT2D eigenvalue weighted by Gasteiger charge is 2.43. The van der Waals surface area contributed by atoms with Crippen LogP contribution in [-0.2, 0) is 16.2 Å². The fraction of sp³-hybridized carbons (Fsp3) is 0.0333. The van der Waals surface area contributed by atoms with Gasteiger partial charge in [-0.3, -0.25) is 9.59 Å². The molecular formula is C30H19Cl3N2O4. The van der Waals surface area contributed by atoms with Crippen LogP contribution >= 0.6 is 34.8 Å². The number of anilines is 2. The molecule has 5 rings (SSSR count). The van der Waals surface area contributed by atoms with Gasteiger partial charge in [-0.1, -0.05) is 83.3 Å². The highest BCUT2D eigenvalue weighted by Crippen LogP contribution is 2.36. The molecule has 1 fully saturated rings. The third-order valence-electron chi connectivity index (χ3n) is 5.91. The Morgan fingerprint density at radius 1 is 0.667 bits per heavy atom. The predicted molar refractivity (Wildman–Crippen MR) is 153 cm³/mol. The number of carbonyl (C=O) groups is 3. The maximum absolute atomic E-state index is 13.7. The monoisotopic (exact) mass is 576 g/mol. The molecule has 1 heterocycles. The lowest BCUT2D eigenvalue weighted by Crippen LogP contribution is -2.57. The van der Waals surface area contributed by atoms with Crippen LogP contribution in [0.2, 0.25) is 15.1 Å². The number of urea groups is 1. The molecule has 0 spiro atoms. The zero-order valence-electron chi connectivity index (χ0n) is 20.2. The van der Waals surface area contributed by atoms with Gasteiger partial charge in [-0.25, -0.2) is 14.6 Å². The number of rotatable bonds is 6. The predicted octanol–water partition coefficient (Wildman–Crippen LogP) is 7.81.